The molecule has 0 aliphatic heterocycles. The SMILES string of the molecule is CC(C)(N)CNC(=O)C1(c2cccc(Cl)c2)CCCCC1. The summed E-state index contributed by atoms with van der Waals surface area (Å²) in [5, 5.41) is 3.73. The van der Waals surface area contributed by atoms with Crippen LogP contribution >= 0.6 is 11.6 Å². The number of hydrogen-bond acceptors (Lipinski definition) is 2. The van der Waals surface area contributed by atoms with Crippen LogP contribution in [0.25, 0.3) is 0 Å². The maximum Gasteiger partial charge on any atom is 0.230 e. The molecule has 0 atom stereocenters. The maximum absolute atomic E-state index is 12.9. The molecule has 0 radical (unpaired) electrons. The van der Waals surface area contributed by atoms with Crippen LogP contribution in [0.2, 0.25) is 5.02 Å². The van der Waals surface area contributed by atoms with E-state index in [9.17, 15) is 4.79 Å². The maximum atomic E-state index is 12.9. The van der Waals surface area contributed by atoms with Gasteiger partial charge in [0.05, 0.1) is 5.41 Å². The lowest BCUT2D eigenvalue weighted by molar-refractivity contribution is -0.128. The summed E-state index contributed by atoms with van der Waals surface area (Å²) in [6.07, 6.45) is 5.10. The molecule has 2 rings (SSSR count). The van der Waals surface area contributed by atoms with Gasteiger partial charge in [-0.15, -0.1) is 0 Å². The van der Waals surface area contributed by atoms with E-state index in [0.29, 0.717) is 11.6 Å². The average molecular weight is 309 g/mol. The van der Waals surface area contributed by atoms with Crippen LogP contribution in [-0.2, 0) is 10.2 Å². The molecular formula is C17H25ClN2O. The van der Waals surface area contributed by atoms with E-state index in [-0.39, 0.29) is 5.91 Å². The number of carbonyl (C=O) groups is 1. The number of rotatable bonds is 4. The molecule has 3 N–H and O–H groups in total. The van der Waals surface area contributed by atoms with Crippen molar-refractivity contribution >= 4 is 17.5 Å². The highest BCUT2D eigenvalue weighted by atomic mass is 35.5. The fourth-order valence-corrected chi connectivity index (χ4v) is 3.26. The average Bonchev–Trinajstić information content (AvgIpc) is 2.44. The van der Waals surface area contributed by atoms with Crippen molar-refractivity contribution in [1.29, 1.82) is 0 Å². The van der Waals surface area contributed by atoms with E-state index in [1.807, 2.05) is 38.1 Å². The molecule has 0 unspecified atom stereocenters. The van der Waals surface area contributed by atoms with Crippen LogP contribution in [0.5, 0.6) is 0 Å². The summed E-state index contributed by atoms with van der Waals surface area (Å²) >= 11 is 6.13. The fraction of sp³-hybridized carbons (Fsp3) is 0.588. The molecule has 1 amide bonds. The molecule has 1 aliphatic carbocycles. The van der Waals surface area contributed by atoms with E-state index < -0.39 is 11.0 Å². The normalized spacial score (nSPS) is 18.3. The van der Waals surface area contributed by atoms with E-state index in [2.05, 4.69) is 5.32 Å². The van der Waals surface area contributed by atoms with Gasteiger partial charge in [-0.2, -0.15) is 0 Å². The Kier molecular flexibility index (Phi) is 4.95. The van der Waals surface area contributed by atoms with E-state index in [4.69, 9.17) is 17.3 Å². The van der Waals surface area contributed by atoms with Crippen molar-refractivity contribution in [3.63, 3.8) is 0 Å². The van der Waals surface area contributed by atoms with E-state index >= 15 is 0 Å². The molecule has 1 aromatic carbocycles. The number of halogens is 1. The van der Waals surface area contributed by atoms with Gasteiger partial charge in [0.15, 0.2) is 0 Å². The number of nitrogens with two attached hydrogens (primary N) is 1. The molecule has 0 bridgehead atoms. The van der Waals surface area contributed by atoms with Crippen molar-refractivity contribution in [3.05, 3.63) is 34.9 Å². The van der Waals surface area contributed by atoms with Crippen LogP contribution in [0.15, 0.2) is 24.3 Å². The summed E-state index contributed by atoms with van der Waals surface area (Å²) in [6.45, 7) is 4.31. The number of amides is 1. The molecule has 0 saturated heterocycles. The highest BCUT2D eigenvalue weighted by molar-refractivity contribution is 6.30. The molecule has 0 heterocycles. The van der Waals surface area contributed by atoms with Crippen molar-refractivity contribution in [2.45, 2.75) is 56.9 Å². The number of hydrogen-bond donors (Lipinski definition) is 2. The van der Waals surface area contributed by atoms with Crippen LogP contribution in [0, 0.1) is 0 Å². The van der Waals surface area contributed by atoms with Gasteiger partial charge in [-0.3, -0.25) is 4.79 Å². The number of benzene rings is 1. The standard InChI is InChI=1S/C17H25ClN2O/c1-16(2,19)12-20-15(21)17(9-4-3-5-10-17)13-7-6-8-14(18)11-13/h6-8,11H,3-5,9-10,12,19H2,1-2H3,(H,20,21). The lowest BCUT2D eigenvalue weighted by atomic mass is 9.68. The van der Waals surface area contributed by atoms with E-state index in [1.54, 1.807) is 0 Å². The number of carbonyl (C=O) groups excluding carboxylic acids is 1. The zero-order valence-electron chi connectivity index (χ0n) is 12.9. The zero-order valence-corrected chi connectivity index (χ0v) is 13.7. The Morgan fingerprint density at radius 1 is 1.33 bits per heavy atom. The van der Waals surface area contributed by atoms with Gasteiger partial charge in [0.2, 0.25) is 5.91 Å². The van der Waals surface area contributed by atoms with Gasteiger partial charge in [0.1, 0.15) is 0 Å². The molecule has 1 fully saturated rings. The first-order valence-corrected chi connectivity index (χ1v) is 8.05. The Morgan fingerprint density at radius 3 is 2.57 bits per heavy atom. The Morgan fingerprint density at radius 2 is 2.00 bits per heavy atom. The predicted molar refractivity (Wildman–Crippen MR) is 87.5 cm³/mol. The first kappa shape index (κ1) is 16.3. The number of nitrogens with one attached hydrogen (secondary N) is 1. The van der Waals surface area contributed by atoms with Gasteiger partial charge < -0.3 is 11.1 Å². The van der Waals surface area contributed by atoms with E-state index in [0.717, 1.165) is 31.2 Å². The smallest absolute Gasteiger partial charge is 0.230 e. The summed E-state index contributed by atoms with van der Waals surface area (Å²) in [4.78, 5) is 12.9. The third kappa shape index (κ3) is 3.98. The molecule has 0 aromatic heterocycles. The highest BCUT2D eigenvalue weighted by Crippen LogP contribution is 2.40. The Labute approximate surface area is 132 Å². The minimum absolute atomic E-state index is 0.0861. The largest absolute Gasteiger partial charge is 0.354 e. The Balaban J connectivity index is 2.27. The molecule has 1 aliphatic rings. The summed E-state index contributed by atoms with van der Waals surface area (Å²) in [6, 6.07) is 7.72. The third-order valence-electron chi connectivity index (χ3n) is 4.22. The van der Waals surface area contributed by atoms with Gasteiger partial charge >= 0.3 is 0 Å². The van der Waals surface area contributed by atoms with Crippen molar-refractivity contribution in [3.8, 4) is 0 Å². The van der Waals surface area contributed by atoms with Gasteiger partial charge in [0, 0.05) is 17.1 Å². The quantitative estimate of drug-likeness (QED) is 0.895. The van der Waals surface area contributed by atoms with Crippen molar-refractivity contribution in [1.82, 2.24) is 5.32 Å². The lowest BCUT2D eigenvalue weighted by Crippen LogP contribution is -2.52. The first-order chi connectivity index (χ1) is 9.83. The topological polar surface area (TPSA) is 55.1 Å². The first-order valence-electron chi connectivity index (χ1n) is 7.67. The van der Waals surface area contributed by atoms with Crippen molar-refractivity contribution in [2.24, 2.45) is 5.73 Å². The van der Waals surface area contributed by atoms with Crippen LogP contribution in [0.4, 0.5) is 0 Å². The van der Waals surface area contributed by atoms with Crippen molar-refractivity contribution in [2.75, 3.05) is 6.54 Å². The monoisotopic (exact) mass is 308 g/mol. The Bertz CT molecular complexity index is 502. The molecule has 4 heteroatoms. The van der Waals surface area contributed by atoms with Gasteiger partial charge in [0.25, 0.3) is 0 Å². The molecule has 1 aromatic rings. The zero-order chi connectivity index (χ0) is 15.5. The minimum atomic E-state index is -0.450. The molecule has 0 spiro atoms. The van der Waals surface area contributed by atoms with Crippen LogP contribution in [0.3, 0.4) is 0 Å². The second kappa shape index (κ2) is 6.37. The van der Waals surface area contributed by atoms with Crippen LogP contribution in [0.1, 0.15) is 51.5 Å². The fourth-order valence-electron chi connectivity index (χ4n) is 3.07. The minimum Gasteiger partial charge on any atom is -0.354 e. The Hall–Kier alpha value is -1.06. The summed E-state index contributed by atoms with van der Waals surface area (Å²) in [7, 11) is 0. The van der Waals surface area contributed by atoms with Crippen LogP contribution < -0.4 is 11.1 Å². The third-order valence-corrected chi connectivity index (χ3v) is 4.46. The highest BCUT2D eigenvalue weighted by Gasteiger charge is 2.41. The lowest BCUT2D eigenvalue weighted by Gasteiger charge is -2.37. The molecule has 21 heavy (non-hydrogen) atoms. The van der Waals surface area contributed by atoms with E-state index in [1.165, 1.54) is 6.42 Å². The second-order valence-electron chi connectivity index (χ2n) is 6.82. The summed E-state index contributed by atoms with van der Waals surface area (Å²) < 4.78 is 0. The summed E-state index contributed by atoms with van der Waals surface area (Å²) in [5.74, 6) is 0.0861. The van der Waals surface area contributed by atoms with Crippen LogP contribution in [-0.4, -0.2) is 18.0 Å². The molecular weight excluding hydrogens is 284 g/mol. The van der Waals surface area contributed by atoms with Gasteiger partial charge in [-0.1, -0.05) is 43.0 Å². The summed E-state index contributed by atoms with van der Waals surface area (Å²) in [5.41, 5.74) is 6.16. The molecule has 1 saturated carbocycles. The molecule has 116 valence electrons. The van der Waals surface area contributed by atoms with Gasteiger partial charge in [-0.05, 0) is 44.4 Å². The predicted octanol–water partition coefficient (Wildman–Crippen LogP) is 3.40. The molecule has 3 nitrogen and oxygen atoms in total. The second-order valence-corrected chi connectivity index (χ2v) is 7.26. The van der Waals surface area contributed by atoms with Crippen molar-refractivity contribution < 1.29 is 4.79 Å². The van der Waals surface area contributed by atoms with Gasteiger partial charge in [-0.25, -0.2) is 0 Å².